The molecule has 2 aromatic rings. The summed E-state index contributed by atoms with van der Waals surface area (Å²) in [6.45, 7) is -3.03. The molecule has 0 atom stereocenters. The molecule has 132 valence electrons. The molecule has 0 spiro atoms. The number of ether oxygens (including phenoxy) is 2. The number of nitro groups is 1. The van der Waals surface area contributed by atoms with E-state index in [4.69, 9.17) is 4.74 Å². The molecule has 0 unspecified atom stereocenters. The molecule has 0 amide bonds. The van der Waals surface area contributed by atoms with Crippen LogP contribution in [0.1, 0.15) is 11.3 Å². The quantitative estimate of drug-likeness (QED) is 0.600. The van der Waals surface area contributed by atoms with Crippen molar-refractivity contribution in [2.75, 3.05) is 7.11 Å². The Balaban J connectivity index is 2.42. The molecule has 11 heteroatoms. The normalized spacial score (nSPS) is 11.0. The molecular formula is C14H11F2N3O6. The lowest BCUT2D eigenvalue weighted by molar-refractivity contribution is -0.386. The molecule has 2 N–H and O–H groups in total. The Morgan fingerprint density at radius 3 is 2.52 bits per heavy atom. The number of H-pyrrole nitrogens is 2. The third kappa shape index (κ3) is 4.28. The van der Waals surface area contributed by atoms with Crippen LogP contribution in [-0.2, 0) is 0 Å². The van der Waals surface area contributed by atoms with Crippen LogP contribution in [0.3, 0.4) is 0 Å². The smallest absolute Gasteiger partial charge is 0.387 e. The molecule has 0 aliphatic carbocycles. The summed E-state index contributed by atoms with van der Waals surface area (Å²) in [5.74, 6) is -0.179. The van der Waals surface area contributed by atoms with Gasteiger partial charge in [0.25, 0.3) is 0 Å². The molecule has 9 nitrogen and oxygen atoms in total. The van der Waals surface area contributed by atoms with Crippen molar-refractivity contribution in [2.45, 2.75) is 6.61 Å². The summed E-state index contributed by atoms with van der Waals surface area (Å²) in [6.07, 6.45) is 2.46. The van der Waals surface area contributed by atoms with Crippen molar-refractivity contribution in [3.05, 3.63) is 60.4 Å². The Morgan fingerprint density at radius 2 is 1.92 bits per heavy atom. The van der Waals surface area contributed by atoms with Crippen molar-refractivity contribution < 1.29 is 23.2 Å². The third-order valence-corrected chi connectivity index (χ3v) is 2.97. The zero-order valence-corrected chi connectivity index (χ0v) is 12.6. The Labute approximate surface area is 137 Å². The van der Waals surface area contributed by atoms with Crippen molar-refractivity contribution in [3.8, 4) is 11.5 Å². The predicted molar refractivity (Wildman–Crippen MR) is 82.9 cm³/mol. The summed E-state index contributed by atoms with van der Waals surface area (Å²) in [7, 11) is 1.25. The molecule has 2 rings (SSSR count). The minimum atomic E-state index is -3.03. The number of methoxy groups -OCH3 is 1. The first kappa shape index (κ1) is 17.8. The number of nitrogens with one attached hydrogen (secondary N) is 2. The summed E-state index contributed by atoms with van der Waals surface area (Å²) >= 11 is 0. The van der Waals surface area contributed by atoms with Gasteiger partial charge in [-0.3, -0.25) is 19.9 Å². The number of aromatic nitrogens is 2. The molecule has 0 radical (unpaired) electrons. The summed E-state index contributed by atoms with van der Waals surface area (Å²) in [5.41, 5.74) is -2.81. The Kier molecular flexibility index (Phi) is 5.27. The van der Waals surface area contributed by atoms with Crippen molar-refractivity contribution >= 4 is 17.8 Å². The van der Waals surface area contributed by atoms with E-state index in [2.05, 4.69) is 9.72 Å². The average Bonchev–Trinajstić information content (AvgIpc) is 2.52. The van der Waals surface area contributed by atoms with Gasteiger partial charge in [-0.05, 0) is 23.8 Å². The minimum absolute atomic E-state index is 0.0105. The highest BCUT2D eigenvalue weighted by molar-refractivity contribution is 5.72. The number of hydrogen-bond donors (Lipinski definition) is 2. The lowest BCUT2D eigenvalue weighted by Crippen LogP contribution is -2.25. The molecule has 1 aromatic heterocycles. The van der Waals surface area contributed by atoms with Gasteiger partial charge in [-0.25, -0.2) is 4.79 Å². The van der Waals surface area contributed by atoms with Gasteiger partial charge < -0.3 is 14.5 Å². The first-order valence-corrected chi connectivity index (χ1v) is 6.63. The van der Waals surface area contributed by atoms with Gasteiger partial charge in [0, 0.05) is 0 Å². The maximum absolute atomic E-state index is 12.3. The summed E-state index contributed by atoms with van der Waals surface area (Å²) in [5, 5.41) is 10.9. The molecule has 0 aliphatic rings. The van der Waals surface area contributed by atoms with Gasteiger partial charge in [0.15, 0.2) is 11.5 Å². The highest BCUT2D eigenvalue weighted by Crippen LogP contribution is 2.30. The van der Waals surface area contributed by atoms with Gasteiger partial charge in [-0.15, -0.1) is 0 Å². The fourth-order valence-electron chi connectivity index (χ4n) is 1.96. The number of nitrogens with zero attached hydrogens (tertiary/aromatic N) is 1. The van der Waals surface area contributed by atoms with Crippen molar-refractivity contribution in [1.82, 2.24) is 9.97 Å². The Hall–Kier alpha value is -3.50. The second-order valence-electron chi connectivity index (χ2n) is 4.55. The number of benzene rings is 1. The van der Waals surface area contributed by atoms with Gasteiger partial charge >= 0.3 is 23.5 Å². The number of hydrogen-bond acceptors (Lipinski definition) is 6. The minimum Gasteiger partial charge on any atom is -0.493 e. The molecule has 0 fully saturated rings. The van der Waals surface area contributed by atoms with E-state index < -0.39 is 28.5 Å². The van der Waals surface area contributed by atoms with E-state index in [1.165, 1.54) is 31.4 Å². The van der Waals surface area contributed by atoms with Gasteiger partial charge in [0.1, 0.15) is 5.69 Å². The van der Waals surface area contributed by atoms with Crippen LogP contribution in [0.15, 0.2) is 27.8 Å². The van der Waals surface area contributed by atoms with E-state index in [1.54, 1.807) is 4.98 Å². The van der Waals surface area contributed by atoms with E-state index in [-0.39, 0.29) is 17.2 Å². The fraction of sp³-hybridized carbons (Fsp3) is 0.143. The fourth-order valence-corrected chi connectivity index (χ4v) is 1.96. The van der Waals surface area contributed by atoms with E-state index >= 15 is 0 Å². The predicted octanol–water partition coefficient (Wildman–Crippen LogP) is 1.75. The lowest BCUT2D eigenvalue weighted by Gasteiger charge is -2.10. The summed E-state index contributed by atoms with van der Waals surface area (Å²) < 4.78 is 33.8. The van der Waals surface area contributed by atoms with Crippen LogP contribution in [0.25, 0.3) is 12.2 Å². The number of rotatable bonds is 6. The largest absolute Gasteiger partial charge is 0.493 e. The number of alkyl halides is 2. The van der Waals surface area contributed by atoms with Crippen LogP contribution in [-0.4, -0.2) is 28.6 Å². The van der Waals surface area contributed by atoms with Crippen molar-refractivity contribution in [1.29, 1.82) is 0 Å². The van der Waals surface area contributed by atoms with E-state index in [1.807, 2.05) is 0 Å². The molecule has 1 heterocycles. The molecule has 0 aliphatic heterocycles. The Bertz CT molecular complexity index is 935. The standard InChI is InChI=1S/C14H11F2N3O6/c1-24-10-6-7(3-5-9(10)25-13(15)16)2-4-8-11(19(22)23)12(20)18-14(21)17-8/h2-6,13H,1H3,(H2,17,18,20,21). The number of aromatic amines is 2. The monoisotopic (exact) mass is 355 g/mol. The molecule has 0 saturated heterocycles. The van der Waals surface area contributed by atoms with Gasteiger partial charge in [0.05, 0.1) is 12.0 Å². The molecule has 0 bridgehead atoms. The zero-order chi connectivity index (χ0) is 18.6. The first-order valence-electron chi connectivity index (χ1n) is 6.63. The third-order valence-electron chi connectivity index (χ3n) is 2.97. The lowest BCUT2D eigenvalue weighted by atomic mass is 10.1. The van der Waals surface area contributed by atoms with Crippen LogP contribution in [0.4, 0.5) is 14.5 Å². The van der Waals surface area contributed by atoms with Crippen molar-refractivity contribution in [2.24, 2.45) is 0 Å². The van der Waals surface area contributed by atoms with Crippen LogP contribution >= 0.6 is 0 Å². The highest BCUT2D eigenvalue weighted by atomic mass is 19.3. The van der Waals surface area contributed by atoms with Crippen LogP contribution in [0, 0.1) is 10.1 Å². The van der Waals surface area contributed by atoms with Gasteiger partial charge in [-0.2, -0.15) is 8.78 Å². The topological polar surface area (TPSA) is 127 Å². The SMILES string of the molecule is COc1cc(C=Cc2[nH]c(=O)[nH]c(=O)c2[N+](=O)[O-])ccc1OC(F)F. The zero-order valence-electron chi connectivity index (χ0n) is 12.6. The second-order valence-corrected chi connectivity index (χ2v) is 4.55. The summed E-state index contributed by atoms with van der Waals surface area (Å²) in [6, 6.07) is 3.94. The average molecular weight is 355 g/mol. The molecular weight excluding hydrogens is 344 g/mol. The van der Waals surface area contributed by atoms with E-state index in [9.17, 15) is 28.5 Å². The second kappa shape index (κ2) is 7.38. The number of halogens is 2. The van der Waals surface area contributed by atoms with E-state index in [0.717, 1.165) is 6.08 Å². The van der Waals surface area contributed by atoms with E-state index in [0.29, 0.717) is 5.56 Å². The molecule has 25 heavy (non-hydrogen) atoms. The maximum atomic E-state index is 12.3. The van der Waals surface area contributed by atoms with Crippen LogP contribution < -0.4 is 20.7 Å². The van der Waals surface area contributed by atoms with Crippen molar-refractivity contribution in [3.63, 3.8) is 0 Å². The van der Waals surface area contributed by atoms with Crippen LogP contribution in [0.5, 0.6) is 11.5 Å². The highest BCUT2D eigenvalue weighted by Gasteiger charge is 2.18. The Morgan fingerprint density at radius 1 is 1.20 bits per heavy atom. The first-order chi connectivity index (χ1) is 11.8. The summed E-state index contributed by atoms with van der Waals surface area (Å²) in [4.78, 5) is 36.7. The molecule has 1 aromatic carbocycles. The van der Waals surface area contributed by atoms with Gasteiger partial charge in [0.2, 0.25) is 0 Å². The van der Waals surface area contributed by atoms with Crippen LogP contribution in [0.2, 0.25) is 0 Å². The van der Waals surface area contributed by atoms with Gasteiger partial charge in [-0.1, -0.05) is 12.1 Å². The maximum Gasteiger partial charge on any atom is 0.387 e. The molecule has 0 saturated carbocycles.